The van der Waals surface area contributed by atoms with Crippen LogP contribution in [0.1, 0.15) is 19.4 Å². The molecule has 0 heterocycles. The van der Waals surface area contributed by atoms with Gasteiger partial charge in [-0.1, -0.05) is 31.2 Å². The predicted molar refractivity (Wildman–Crippen MR) is 127 cm³/mol. The molecule has 1 N–H and O–H groups in total. The Labute approximate surface area is 189 Å². The van der Waals surface area contributed by atoms with Gasteiger partial charge in [0.05, 0.1) is 20.3 Å². The third kappa shape index (κ3) is 6.75. The van der Waals surface area contributed by atoms with Crippen molar-refractivity contribution < 1.29 is 19.0 Å². The minimum Gasteiger partial charge on any atom is -0.493 e. The normalized spacial score (nSPS) is 10.6. The van der Waals surface area contributed by atoms with E-state index in [-0.39, 0.29) is 12.5 Å². The number of amides is 1. The summed E-state index contributed by atoms with van der Waals surface area (Å²) in [4.78, 5) is 14.6. The maximum Gasteiger partial charge on any atom is 0.238 e. The van der Waals surface area contributed by atoms with Gasteiger partial charge in [-0.25, -0.2) is 0 Å². The molecule has 0 unspecified atom stereocenters. The van der Waals surface area contributed by atoms with Gasteiger partial charge in [-0.15, -0.1) is 0 Å². The number of hydrogen-bond donors (Lipinski definition) is 1. The van der Waals surface area contributed by atoms with Crippen LogP contribution in [0.4, 0.5) is 5.69 Å². The molecular weight excluding hydrogens is 404 g/mol. The van der Waals surface area contributed by atoms with E-state index in [0.29, 0.717) is 24.7 Å². The van der Waals surface area contributed by atoms with Crippen molar-refractivity contribution in [2.45, 2.75) is 20.4 Å². The summed E-state index contributed by atoms with van der Waals surface area (Å²) in [5.41, 5.74) is 1.79. The number of likely N-dealkylation sites (N-methyl/N-ethyl adjacent to an activating group) is 1. The summed E-state index contributed by atoms with van der Waals surface area (Å²) in [6.45, 7) is 6.22. The number of carbonyl (C=O) groups is 1. The van der Waals surface area contributed by atoms with E-state index in [2.05, 4.69) is 10.2 Å². The zero-order valence-electron chi connectivity index (χ0n) is 18.8. The number of rotatable bonds is 11. The molecule has 0 saturated heterocycles. The van der Waals surface area contributed by atoms with Gasteiger partial charge >= 0.3 is 0 Å². The molecule has 3 rings (SSSR count). The van der Waals surface area contributed by atoms with Gasteiger partial charge in [0.15, 0.2) is 11.5 Å². The largest absolute Gasteiger partial charge is 0.493 e. The molecule has 3 aromatic carbocycles. The highest BCUT2D eigenvalue weighted by molar-refractivity contribution is 5.92. The molecule has 0 fully saturated rings. The average molecular weight is 435 g/mol. The molecule has 0 aliphatic carbocycles. The number of carbonyl (C=O) groups excluding carboxylic acids is 1. The first-order chi connectivity index (χ1) is 15.6. The molecule has 3 aromatic rings. The molecule has 0 radical (unpaired) electrons. The molecule has 0 spiro atoms. The second kappa shape index (κ2) is 11.8. The van der Waals surface area contributed by atoms with Crippen LogP contribution >= 0.6 is 0 Å². The number of ether oxygens (including phenoxy) is 3. The summed E-state index contributed by atoms with van der Waals surface area (Å²) >= 11 is 0. The van der Waals surface area contributed by atoms with Gasteiger partial charge in [-0.3, -0.25) is 9.69 Å². The summed E-state index contributed by atoms with van der Waals surface area (Å²) in [5, 5.41) is 2.95. The summed E-state index contributed by atoms with van der Waals surface area (Å²) in [6, 6.07) is 22.8. The van der Waals surface area contributed by atoms with Crippen LogP contribution in [0.3, 0.4) is 0 Å². The Kier molecular flexibility index (Phi) is 8.52. The molecule has 0 aliphatic rings. The SMILES string of the molecule is CCOc1ccc(CN(CC)CC(=O)Nc2ccc(Oc3ccccc3)cc2)cc1OC. The minimum atomic E-state index is -0.0681. The van der Waals surface area contributed by atoms with Crippen LogP contribution in [0.15, 0.2) is 72.8 Å². The second-order valence-electron chi connectivity index (χ2n) is 7.21. The van der Waals surface area contributed by atoms with Crippen LogP contribution in [0.25, 0.3) is 0 Å². The lowest BCUT2D eigenvalue weighted by atomic mass is 10.2. The third-order valence-corrected chi connectivity index (χ3v) is 4.87. The van der Waals surface area contributed by atoms with Crippen LogP contribution in [-0.4, -0.2) is 37.6 Å². The minimum absolute atomic E-state index is 0.0681. The zero-order valence-corrected chi connectivity index (χ0v) is 18.8. The van der Waals surface area contributed by atoms with Crippen LogP contribution in [0.2, 0.25) is 0 Å². The van der Waals surface area contributed by atoms with Gasteiger partial charge in [-0.2, -0.15) is 0 Å². The molecular formula is C26H30N2O4. The Balaban J connectivity index is 1.55. The smallest absolute Gasteiger partial charge is 0.238 e. The van der Waals surface area contributed by atoms with Crippen LogP contribution < -0.4 is 19.5 Å². The fraction of sp³-hybridized carbons (Fsp3) is 0.269. The number of anilines is 1. The van der Waals surface area contributed by atoms with Gasteiger partial charge in [-0.05, 0) is 67.6 Å². The molecule has 6 nitrogen and oxygen atoms in total. The standard InChI is InChI=1S/C26H30N2O4/c1-4-28(18-20-11-16-24(31-5-2)25(17-20)30-3)19-26(29)27-21-12-14-23(15-13-21)32-22-9-7-6-8-10-22/h6-17H,4-5,18-19H2,1-3H3,(H,27,29). The van der Waals surface area contributed by atoms with Crippen molar-refractivity contribution in [2.75, 3.05) is 32.1 Å². The van der Waals surface area contributed by atoms with Crippen LogP contribution in [0, 0.1) is 0 Å². The van der Waals surface area contributed by atoms with E-state index in [1.807, 2.05) is 86.6 Å². The van der Waals surface area contributed by atoms with E-state index in [1.54, 1.807) is 7.11 Å². The van der Waals surface area contributed by atoms with E-state index >= 15 is 0 Å². The van der Waals surface area contributed by atoms with Gasteiger partial charge in [0.2, 0.25) is 5.91 Å². The Morgan fingerprint density at radius 3 is 2.28 bits per heavy atom. The fourth-order valence-corrected chi connectivity index (χ4v) is 3.26. The van der Waals surface area contributed by atoms with E-state index in [0.717, 1.165) is 29.3 Å². The van der Waals surface area contributed by atoms with E-state index in [4.69, 9.17) is 14.2 Å². The van der Waals surface area contributed by atoms with E-state index < -0.39 is 0 Å². The Morgan fingerprint density at radius 2 is 1.62 bits per heavy atom. The van der Waals surface area contributed by atoms with Crippen molar-refractivity contribution in [2.24, 2.45) is 0 Å². The monoisotopic (exact) mass is 434 g/mol. The Bertz CT molecular complexity index is 990. The Hall–Kier alpha value is -3.51. The van der Waals surface area contributed by atoms with Gasteiger partial charge in [0.1, 0.15) is 11.5 Å². The molecule has 0 bridgehead atoms. The topological polar surface area (TPSA) is 60.0 Å². The quantitative estimate of drug-likeness (QED) is 0.441. The lowest BCUT2D eigenvalue weighted by molar-refractivity contribution is -0.117. The highest BCUT2D eigenvalue weighted by Gasteiger charge is 2.12. The Morgan fingerprint density at radius 1 is 0.906 bits per heavy atom. The molecule has 0 saturated carbocycles. The molecule has 0 aromatic heterocycles. The van der Waals surface area contributed by atoms with Crippen molar-refractivity contribution in [3.63, 3.8) is 0 Å². The third-order valence-electron chi connectivity index (χ3n) is 4.87. The van der Waals surface area contributed by atoms with Gasteiger partial charge in [0.25, 0.3) is 0 Å². The molecule has 32 heavy (non-hydrogen) atoms. The van der Waals surface area contributed by atoms with Crippen LogP contribution in [0.5, 0.6) is 23.0 Å². The highest BCUT2D eigenvalue weighted by Crippen LogP contribution is 2.28. The lowest BCUT2D eigenvalue weighted by Gasteiger charge is -2.21. The first kappa shape index (κ1) is 23.2. The van der Waals surface area contributed by atoms with Crippen molar-refractivity contribution in [1.29, 1.82) is 0 Å². The lowest BCUT2D eigenvalue weighted by Crippen LogP contribution is -2.32. The number of methoxy groups -OCH3 is 1. The number of nitrogens with zero attached hydrogens (tertiary/aromatic N) is 1. The van der Waals surface area contributed by atoms with E-state index in [1.165, 1.54) is 0 Å². The van der Waals surface area contributed by atoms with Crippen molar-refractivity contribution >= 4 is 11.6 Å². The molecule has 6 heteroatoms. The molecule has 168 valence electrons. The zero-order chi connectivity index (χ0) is 22.8. The number of para-hydroxylation sites is 1. The first-order valence-corrected chi connectivity index (χ1v) is 10.8. The molecule has 0 atom stereocenters. The number of hydrogen-bond acceptors (Lipinski definition) is 5. The van der Waals surface area contributed by atoms with Gasteiger partial charge < -0.3 is 19.5 Å². The van der Waals surface area contributed by atoms with Gasteiger partial charge in [0, 0.05) is 12.2 Å². The first-order valence-electron chi connectivity index (χ1n) is 10.8. The summed E-state index contributed by atoms with van der Waals surface area (Å²) in [5.74, 6) is 2.84. The molecule has 0 aliphatic heterocycles. The maximum absolute atomic E-state index is 12.6. The van der Waals surface area contributed by atoms with Crippen molar-refractivity contribution in [3.05, 3.63) is 78.4 Å². The van der Waals surface area contributed by atoms with E-state index in [9.17, 15) is 4.79 Å². The summed E-state index contributed by atoms with van der Waals surface area (Å²) in [6.07, 6.45) is 0. The highest BCUT2D eigenvalue weighted by atomic mass is 16.5. The average Bonchev–Trinajstić information content (AvgIpc) is 2.81. The maximum atomic E-state index is 12.6. The van der Waals surface area contributed by atoms with Crippen LogP contribution in [-0.2, 0) is 11.3 Å². The second-order valence-corrected chi connectivity index (χ2v) is 7.21. The number of benzene rings is 3. The van der Waals surface area contributed by atoms with Crippen molar-refractivity contribution in [1.82, 2.24) is 4.90 Å². The predicted octanol–water partition coefficient (Wildman–Crippen LogP) is 5.35. The summed E-state index contributed by atoms with van der Waals surface area (Å²) in [7, 11) is 1.63. The van der Waals surface area contributed by atoms with Crippen molar-refractivity contribution in [3.8, 4) is 23.0 Å². The summed E-state index contributed by atoms with van der Waals surface area (Å²) < 4.78 is 16.8. The fourth-order valence-electron chi connectivity index (χ4n) is 3.26. The number of nitrogens with one attached hydrogen (secondary N) is 1. The molecule has 1 amide bonds.